The van der Waals surface area contributed by atoms with Gasteiger partial charge >= 0.3 is 0 Å². The SMILES string of the molecule is CNC(CCN1C2CCC1CC(O)C2)c1cccc(Cl)c1. The summed E-state index contributed by atoms with van der Waals surface area (Å²) in [7, 11) is 2.01. The van der Waals surface area contributed by atoms with Crippen LogP contribution in [-0.4, -0.2) is 41.8 Å². The van der Waals surface area contributed by atoms with E-state index in [-0.39, 0.29) is 6.10 Å². The van der Waals surface area contributed by atoms with E-state index in [2.05, 4.69) is 22.3 Å². The van der Waals surface area contributed by atoms with E-state index in [1.54, 1.807) is 0 Å². The maximum atomic E-state index is 9.89. The average molecular weight is 309 g/mol. The zero-order chi connectivity index (χ0) is 14.8. The van der Waals surface area contributed by atoms with Gasteiger partial charge in [-0.3, -0.25) is 4.90 Å². The van der Waals surface area contributed by atoms with Crippen molar-refractivity contribution < 1.29 is 5.11 Å². The molecule has 0 spiro atoms. The monoisotopic (exact) mass is 308 g/mol. The van der Waals surface area contributed by atoms with E-state index in [1.165, 1.54) is 18.4 Å². The van der Waals surface area contributed by atoms with Crippen molar-refractivity contribution in [3.63, 3.8) is 0 Å². The summed E-state index contributed by atoms with van der Waals surface area (Å²) in [5, 5.41) is 14.1. The van der Waals surface area contributed by atoms with E-state index in [9.17, 15) is 5.11 Å². The minimum atomic E-state index is -0.0771. The molecule has 2 N–H and O–H groups in total. The van der Waals surface area contributed by atoms with Crippen LogP contribution < -0.4 is 5.32 Å². The number of rotatable bonds is 5. The molecule has 4 heteroatoms. The van der Waals surface area contributed by atoms with Crippen molar-refractivity contribution in [1.29, 1.82) is 0 Å². The van der Waals surface area contributed by atoms with Crippen LogP contribution >= 0.6 is 11.6 Å². The second-order valence-corrected chi connectivity index (χ2v) is 6.87. The van der Waals surface area contributed by atoms with E-state index >= 15 is 0 Å². The number of aliphatic hydroxyl groups is 1. The van der Waals surface area contributed by atoms with Gasteiger partial charge in [0.2, 0.25) is 0 Å². The Labute approximate surface area is 132 Å². The number of halogens is 1. The van der Waals surface area contributed by atoms with E-state index < -0.39 is 0 Å². The highest BCUT2D eigenvalue weighted by Crippen LogP contribution is 2.36. The molecule has 21 heavy (non-hydrogen) atoms. The molecule has 1 aromatic carbocycles. The van der Waals surface area contributed by atoms with Gasteiger partial charge in [-0.05, 0) is 56.8 Å². The maximum Gasteiger partial charge on any atom is 0.0570 e. The Kier molecular flexibility index (Phi) is 4.85. The molecule has 3 rings (SSSR count). The number of hydrogen-bond acceptors (Lipinski definition) is 3. The third-order valence-corrected chi connectivity index (χ3v) is 5.37. The number of aliphatic hydroxyl groups excluding tert-OH is 1. The van der Waals surface area contributed by atoms with Crippen LogP contribution in [0.2, 0.25) is 5.02 Å². The van der Waals surface area contributed by atoms with Crippen LogP contribution in [0.1, 0.15) is 43.7 Å². The third kappa shape index (κ3) is 3.42. The Morgan fingerprint density at radius 1 is 1.33 bits per heavy atom. The first-order valence-corrected chi connectivity index (χ1v) is 8.41. The molecule has 116 valence electrons. The fraction of sp³-hybridized carbons (Fsp3) is 0.647. The lowest BCUT2D eigenvalue weighted by molar-refractivity contribution is 0.0336. The summed E-state index contributed by atoms with van der Waals surface area (Å²) < 4.78 is 0. The third-order valence-electron chi connectivity index (χ3n) is 5.13. The molecule has 1 aromatic rings. The minimum absolute atomic E-state index is 0.0771. The summed E-state index contributed by atoms with van der Waals surface area (Å²) in [6, 6.07) is 9.66. The van der Waals surface area contributed by atoms with Crippen LogP contribution in [0.15, 0.2) is 24.3 Å². The van der Waals surface area contributed by atoms with Crippen molar-refractivity contribution in [2.75, 3.05) is 13.6 Å². The number of nitrogens with one attached hydrogen (secondary N) is 1. The van der Waals surface area contributed by atoms with Crippen LogP contribution in [0, 0.1) is 0 Å². The van der Waals surface area contributed by atoms with Crippen molar-refractivity contribution >= 4 is 11.6 Å². The van der Waals surface area contributed by atoms with Crippen molar-refractivity contribution in [3.8, 4) is 0 Å². The lowest BCUT2D eigenvalue weighted by Gasteiger charge is -2.37. The van der Waals surface area contributed by atoms with Gasteiger partial charge in [-0.25, -0.2) is 0 Å². The Morgan fingerprint density at radius 2 is 2.05 bits per heavy atom. The van der Waals surface area contributed by atoms with Crippen molar-refractivity contribution in [1.82, 2.24) is 10.2 Å². The Hall–Kier alpha value is -0.610. The fourth-order valence-electron chi connectivity index (χ4n) is 4.09. The van der Waals surface area contributed by atoms with Crippen molar-refractivity contribution in [3.05, 3.63) is 34.9 Å². The molecule has 2 aliphatic rings. The van der Waals surface area contributed by atoms with Crippen LogP contribution in [0.5, 0.6) is 0 Å². The van der Waals surface area contributed by atoms with Gasteiger partial charge in [0.25, 0.3) is 0 Å². The highest BCUT2D eigenvalue weighted by Gasteiger charge is 2.39. The van der Waals surface area contributed by atoms with Gasteiger partial charge in [0, 0.05) is 29.7 Å². The summed E-state index contributed by atoms with van der Waals surface area (Å²) in [5.41, 5.74) is 1.26. The van der Waals surface area contributed by atoms with E-state index in [4.69, 9.17) is 11.6 Å². The zero-order valence-electron chi connectivity index (χ0n) is 12.6. The molecule has 0 amide bonds. The molecular formula is C17H25ClN2O. The van der Waals surface area contributed by atoms with E-state index in [1.807, 2.05) is 19.2 Å². The molecule has 2 saturated heterocycles. The first-order valence-electron chi connectivity index (χ1n) is 8.04. The molecule has 0 saturated carbocycles. The number of piperidine rings is 1. The predicted molar refractivity (Wildman–Crippen MR) is 86.6 cm³/mol. The molecule has 3 nitrogen and oxygen atoms in total. The predicted octanol–water partition coefficient (Wildman–Crippen LogP) is 2.98. The lowest BCUT2D eigenvalue weighted by atomic mass is 9.98. The molecular weight excluding hydrogens is 284 g/mol. The fourth-order valence-corrected chi connectivity index (χ4v) is 4.29. The second kappa shape index (κ2) is 6.66. The van der Waals surface area contributed by atoms with Crippen LogP contribution in [0.25, 0.3) is 0 Å². The van der Waals surface area contributed by atoms with E-state index in [0.29, 0.717) is 18.1 Å². The molecule has 2 heterocycles. The summed E-state index contributed by atoms with van der Waals surface area (Å²) in [4.78, 5) is 2.63. The molecule has 2 fully saturated rings. The number of hydrogen-bond donors (Lipinski definition) is 2. The van der Waals surface area contributed by atoms with Gasteiger partial charge in [0.05, 0.1) is 6.10 Å². The van der Waals surface area contributed by atoms with Gasteiger partial charge in [0.15, 0.2) is 0 Å². The molecule has 0 radical (unpaired) electrons. The number of nitrogens with zero attached hydrogens (tertiary/aromatic N) is 1. The summed E-state index contributed by atoms with van der Waals surface area (Å²) >= 11 is 6.10. The van der Waals surface area contributed by atoms with Gasteiger partial charge in [-0.1, -0.05) is 23.7 Å². The van der Waals surface area contributed by atoms with Crippen LogP contribution in [0.3, 0.4) is 0 Å². The Balaban J connectivity index is 1.61. The van der Waals surface area contributed by atoms with Crippen LogP contribution in [-0.2, 0) is 0 Å². The second-order valence-electron chi connectivity index (χ2n) is 6.43. The quantitative estimate of drug-likeness (QED) is 0.878. The van der Waals surface area contributed by atoms with Crippen molar-refractivity contribution in [2.24, 2.45) is 0 Å². The highest BCUT2D eigenvalue weighted by molar-refractivity contribution is 6.30. The Morgan fingerprint density at radius 3 is 2.67 bits per heavy atom. The standard InChI is InChI=1S/C17H25ClN2O/c1-19-17(12-3-2-4-13(18)9-12)7-8-20-14-5-6-15(20)11-16(21)10-14/h2-4,9,14-17,19,21H,5-8,10-11H2,1H3. The lowest BCUT2D eigenvalue weighted by Crippen LogP contribution is -2.45. The maximum absolute atomic E-state index is 9.89. The van der Waals surface area contributed by atoms with Gasteiger partial charge < -0.3 is 10.4 Å². The van der Waals surface area contributed by atoms with Crippen molar-refractivity contribution in [2.45, 2.75) is 56.3 Å². The van der Waals surface area contributed by atoms with E-state index in [0.717, 1.165) is 30.8 Å². The first-order chi connectivity index (χ1) is 10.2. The highest BCUT2D eigenvalue weighted by atomic mass is 35.5. The van der Waals surface area contributed by atoms with Gasteiger partial charge in [0.1, 0.15) is 0 Å². The normalized spacial score (nSPS) is 30.5. The first kappa shape index (κ1) is 15.3. The minimum Gasteiger partial charge on any atom is -0.393 e. The van der Waals surface area contributed by atoms with Gasteiger partial charge in [-0.2, -0.15) is 0 Å². The zero-order valence-corrected chi connectivity index (χ0v) is 13.4. The number of benzene rings is 1. The average Bonchev–Trinajstić information content (AvgIpc) is 2.71. The molecule has 0 aromatic heterocycles. The molecule has 0 aliphatic carbocycles. The molecule has 2 aliphatic heterocycles. The van der Waals surface area contributed by atoms with Gasteiger partial charge in [-0.15, -0.1) is 0 Å². The molecule has 3 atom stereocenters. The number of fused-ring (bicyclic) bond motifs is 2. The largest absolute Gasteiger partial charge is 0.393 e. The summed E-state index contributed by atoms with van der Waals surface area (Å²) in [5.74, 6) is 0. The summed E-state index contributed by atoms with van der Waals surface area (Å²) in [6.07, 6.45) is 5.42. The smallest absolute Gasteiger partial charge is 0.0570 e. The molecule has 2 bridgehead atoms. The summed E-state index contributed by atoms with van der Waals surface area (Å²) in [6.45, 7) is 1.10. The topological polar surface area (TPSA) is 35.5 Å². The Bertz CT molecular complexity index is 468. The molecule has 3 unspecified atom stereocenters. The van der Waals surface area contributed by atoms with Crippen LogP contribution in [0.4, 0.5) is 0 Å².